The van der Waals surface area contributed by atoms with Gasteiger partial charge in [0.15, 0.2) is 0 Å². The Bertz CT molecular complexity index is 558. The van der Waals surface area contributed by atoms with Crippen molar-refractivity contribution in [3.63, 3.8) is 0 Å². The van der Waals surface area contributed by atoms with Crippen molar-refractivity contribution in [3.8, 4) is 0 Å². The molecule has 152 valence electrons. The summed E-state index contributed by atoms with van der Waals surface area (Å²) in [7, 11) is -8.44. The fourth-order valence-electron chi connectivity index (χ4n) is 1.56. The molecule has 0 radical (unpaired) electrons. The Morgan fingerprint density at radius 1 is 0.720 bits per heavy atom. The molecule has 0 heterocycles. The smallest absolute Gasteiger partial charge is 0.270 e. The summed E-state index contributed by atoms with van der Waals surface area (Å²) in [5, 5.41) is 0. The van der Waals surface area contributed by atoms with Gasteiger partial charge in [-0.25, -0.2) is 0 Å². The molecule has 0 aliphatic carbocycles. The highest BCUT2D eigenvalue weighted by molar-refractivity contribution is 7.92. The topological polar surface area (TPSA) is 155 Å². The third kappa shape index (κ3) is 9.27. The Kier molecular flexibility index (Phi) is 9.75. The van der Waals surface area contributed by atoms with Gasteiger partial charge in [0, 0.05) is 19.3 Å². The van der Waals surface area contributed by atoms with E-state index in [1.807, 2.05) is 0 Å². The Balaban J connectivity index is 4.15. The molecular formula is C13H28O8S4. The van der Waals surface area contributed by atoms with Gasteiger partial charge in [0.1, 0.15) is 23.0 Å². The summed E-state index contributed by atoms with van der Waals surface area (Å²) >= 11 is -2.60. The Labute approximate surface area is 157 Å². The lowest BCUT2D eigenvalue weighted by atomic mass is 10.1. The number of hydrogen-bond donors (Lipinski definition) is 2. The first-order valence-corrected chi connectivity index (χ1v) is 13.5. The zero-order valence-corrected chi connectivity index (χ0v) is 18.2. The lowest BCUT2D eigenvalue weighted by molar-refractivity contribution is 0.435. The molecular weight excluding hydrogens is 412 g/mol. The molecule has 0 aliphatic rings. The normalized spacial score (nSPS) is 16.6. The van der Waals surface area contributed by atoms with Crippen molar-refractivity contribution in [2.45, 2.75) is 56.5 Å². The van der Waals surface area contributed by atoms with Crippen LogP contribution >= 0.6 is 0 Å². The zero-order valence-electron chi connectivity index (χ0n) is 14.9. The van der Waals surface area contributed by atoms with Crippen LogP contribution in [0, 0.1) is 0 Å². The largest absolute Gasteiger partial charge is 0.616 e. The van der Waals surface area contributed by atoms with Crippen LogP contribution in [0.25, 0.3) is 0 Å². The third-order valence-corrected chi connectivity index (χ3v) is 10.0. The maximum absolute atomic E-state index is 11.9. The van der Waals surface area contributed by atoms with Crippen LogP contribution in [0.1, 0.15) is 47.0 Å². The molecule has 8 nitrogen and oxygen atoms in total. The molecule has 0 aromatic heterocycles. The van der Waals surface area contributed by atoms with Crippen molar-refractivity contribution in [1.82, 2.24) is 0 Å². The highest BCUT2D eigenvalue weighted by Crippen LogP contribution is 2.22. The quantitative estimate of drug-likeness (QED) is 0.336. The predicted molar refractivity (Wildman–Crippen MR) is 101 cm³/mol. The summed E-state index contributed by atoms with van der Waals surface area (Å²) in [6, 6.07) is 0. The summed E-state index contributed by atoms with van der Waals surface area (Å²) in [4.78, 5) is 0. The van der Waals surface area contributed by atoms with Gasteiger partial charge in [0.25, 0.3) is 20.2 Å². The molecule has 0 saturated heterocycles. The van der Waals surface area contributed by atoms with E-state index < -0.39 is 52.1 Å². The van der Waals surface area contributed by atoms with E-state index in [1.54, 1.807) is 0 Å². The van der Waals surface area contributed by atoms with Gasteiger partial charge in [-0.3, -0.25) is 9.11 Å². The first-order valence-electron chi connectivity index (χ1n) is 7.64. The molecule has 0 aromatic carbocycles. The minimum Gasteiger partial charge on any atom is -0.616 e. The molecule has 2 N–H and O–H groups in total. The molecule has 0 aromatic rings. The van der Waals surface area contributed by atoms with Crippen LogP contribution in [-0.4, -0.2) is 67.6 Å². The second-order valence-corrected chi connectivity index (χ2v) is 14.5. The van der Waals surface area contributed by atoms with Crippen LogP contribution in [0.15, 0.2) is 0 Å². The molecule has 0 aliphatic heterocycles. The summed E-state index contributed by atoms with van der Waals surface area (Å²) in [5.74, 6) is 0.703. The maximum Gasteiger partial charge on any atom is 0.270 e. The van der Waals surface area contributed by atoms with E-state index in [0.717, 1.165) is 0 Å². The molecule has 2 unspecified atom stereocenters. The third-order valence-electron chi connectivity index (χ3n) is 4.00. The van der Waals surface area contributed by atoms with Crippen LogP contribution in [0.5, 0.6) is 0 Å². The van der Waals surface area contributed by atoms with Gasteiger partial charge in [-0.15, -0.1) is 0 Å². The number of rotatable bonds is 12. The first-order chi connectivity index (χ1) is 11.0. The lowest BCUT2D eigenvalue weighted by Crippen LogP contribution is -2.34. The standard InChI is InChI=1S/C13H28O8S4/c1-12(2,24(16,17)18)6-10-22(14)8-5-9-23(15)11-7-13(3,4)25(19,20)21/h5-11H2,1-4H3,(H,16,17,18)(H,19,20,21). The lowest BCUT2D eigenvalue weighted by Gasteiger charge is -2.22. The highest BCUT2D eigenvalue weighted by Gasteiger charge is 2.35. The molecule has 12 heteroatoms. The summed E-state index contributed by atoms with van der Waals surface area (Å²) in [6.07, 6.45) is 0.478. The molecule has 25 heavy (non-hydrogen) atoms. The van der Waals surface area contributed by atoms with Crippen LogP contribution in [0.4, 0.5) is 0 Å². The fraction of sp³-hybridized carbons (Fsp3) is 1.00. The van der Waals surface area contributed by atoms with Gasteiger partial charge in [-0.2, -0.15) is 16.8 Å². The average Bonchev–Trinajstić information content (AvgIpc) is 2.40. The minimum atomic E-state index is -4.22. The van der Waals surface area contributed by atoms with Crippen molar-refractivity contribution in [1.29, 1.82) is 0 Å². The summed E-state index contributed by atoms with van der Waals surface area (Å²) < 4.78 is 83.7. The van der Waals surface area contributed by atoms with E-state index in [-0.39, 0.29) is 35.9 Å². The first kappa shape index (κ1) is 25.4. The fourth-order valence-corrected chi connectivity index (χ4v) is 5.54. The highest BCUT2D eigenvalue weighted by atomic mass is 32.2. The van der Waals surface area contributed by atoms with Crippen LogP contribution in [-0.2, 0) is 42.6 Å². The molecule has 0 rings (SSSR count). The molecule has 2 atom stereocenters. The van der Waals surface area contributed by atoms with E-state index in [9.17, 15) is 25.9 Å². The van der Waals surface area contributed by atoms with Gasteiger partial charge in [0.05, 0.1) is 9.49 Å². The monoisotopic (exact) mass is 440 g/mol. The molecule has 0 saturated carbocycles. The zero-order chi connectivity index (χ0) is 20.1. The Morgan fingerprint density at radius 2 is 1.00 bits per heavy atom. The van der Waals surface area contributed by atoms with Gasteiger partial charge in [-0.05, 0) is 27.7 Å². The Hall–Kier alpha value is 0.440. The van der Waals surface area contributed by atoms with Crippen LogP contribution < -0.4 is 0 Å². The second-order valence-electron chi connectivity index (χ2n) is 7.02. The van der Waals surface area contributed by atoms with E-state index in [2.05, 4.69) is 0 Å². The summed E-state index contributed by atoms with van der Waals surface area (Å²) in [6.45, 7) is 5.41. The number of hydrogen-bond acceptors (Lipinski definition) is 6. The van der Waals surface area contributed by atoms with Gasteiger partial charge >= 0.3 is 0 Å². The molecule has 0 bridgehead atoms. The van der Waals surface area contributed by atoms with Crippen molar-refractivity contribution in [2.75, 3.05) is 23.0 Å². The minimum absolute atomic E-state index is 0.0457. The van der Waals surface area contributed by atoms with E-state index in [4.69, 9.17) is 9.11 Å². The SMILES string of the molecule is CC(C)(CC[S+]([O-])CCC[S+]([O-])CCC(C)(C)S(=O)(=O)O)S(=O)(=O)O. The summed E-state index contributed by atoms with van der Waals surface area (Å²) in [5.41, 5.74) is 0. The van der Waals surface area contributed by atoms with Crippen molar-refractivity contribution >= 4 is 42.6 Å². The Morgan fingerprint density at radius 3 is 1.24 bits per heavy atom. The van der Waals surface area contributed by atoms with Gasteiger partial charge in [-0.1, -0.05) is 22.4 Å². The van der Waals surface area contributed by atoms with Crippen LogP contribution in [0.3, 0.4) is 0 Å². The van der Waals surface area contributed by atoms with Gasteiger partial charge < -0.3 is 9.11 Å². The average molecular weight is 441 g/mol. The van der Waals surface area contributed by atoms with E-state index >= 15 is 0 Å². The van der Waals surface area contributed by atoms with Crippen molar-refractivity contribution in [2.24, 2.45) is 0 Å². The van der Waals surface area contributed by atoms with E-state index in [0.29, 0.717) is 6.42 Å². The maximum atomic E-state index is 11.9. The van der Waals surface area contributed by atoms with Crippen molar-refractivity contribution < 1.29 is 35.0 Å². The van der Waals surface area contributed by atoms with Gasteiger partial charge in [0.2, 0.25) is 0 Å². The van der Waals surface area contributed by atoms with E-state index in [1.165, 1.54) is 27.7 Å². The molecule has 0 amide bonds. The second kappa shape index (κ2) is 9.58. The molecule has 0 fully saturated rings. The van der Waals surface area contributed by atoms with Crippen LogP contribution in [0.2, 0.25) is 0 Å². The molecule has 0 spiro atoms. The van der Waals surface area contributed by atoms with Crippen molar-refractivity contribution in [3.05, 3.63) is 0 Å². The predicted octanol–water partition coefficient (Wildman–Crippen LogP) is 0.987.